The van der Waals surface area contributed by atoms with Gasteiger partial charge in [0.1, 0.15) is 0 Å². The van der Waals surface area contributed by atoms with E-state index < -0.39 is 6.09 Å². The monoisotopic (exact) mass is 353 g/mol. The lowest BCUT2D eigenvalue weighted by Crippen LogP contribution is -2.28. The van der Waals surface area contributed by atoms with Gasteiger partial charge in [0, 0.05) is 47.0 Å². The summed E-state index contributed by atoms with van der Waals surface area (Å²) in [5.74, 6) is -0.152. The van der Waals surface area contributed by atoms with E-state index >= 15 is 0 Å². The first kappa shape index (κ1) is 17.8. The van der Waals surface area contributed by atoms with Gasteiger partial charge in [0.05, 0.1) is 6.61 Å². The number of hydrogen-bond acceptors (Lipinski definition) is 3. The van der Waals surface area contributed by atoms with Crippen molar-refractivity contribution in [1.29, 1.82) is 0 Å². The number of carbonyl (C=O) groups excluding carboxylic acids is 2. The van der Waals surface area contributed by atoms with E-state index in [0.717, 1.165) is 23.1 Å². The number of hydrogen-bond donors (Lipinski definition) is 2. The molecular formula is C20H23N3O3. The lowest BCUT2D eigenvalue weighted by atomic mass is 10.1. The Bertz CT molecular complexity index is 946. The summed E-state index contributed by atoms with van der Waals surface area (Å²) >= 11 is 0. The molecule has 0 radical (unpaired) electrons. The number of carbonyl (C=O) groups is 2. The smallest absolute Gasteiger partial charge is 0.407 e. The largest absolute Gasteiger partial charge is 0.450 e. The van der Waals surface area contributed by atoms with Crippen LogP contribution < -0.4 is 10.6 Å². The van der Waals surface area contributed by atoms with Crippen LogP contribution in [0.1, 0.15) is 20.3 Å². The molecule has 0 aliphatic rings. The maximum atomic E-state index is 12.1. The van der Waals surface area contributed by atoms with Gasteiger partial charge < -0.3 is 19.9 Å². The van der Waals surface area contributed by atoms with Crippen LogP contribution in [0.3, 0.4) is 0 Å². The molecule has 0 spiro atoms. The summed E-state index contributed by atoms with van der Waals surface area (Å²) in [6, 6.07) is 14.2. The fourth-order valence-electron chi connectivity index (χ4n) is 3.16. The highest BCUT2D eigenvalue weighted by Gasteiger charge is 2.11. The molecule has 2 N–H and O–H groups in total. The minimum absolute atomic E-state index is 0.152. The molecule has 0 saturated heterocycles. The lowest BCUT2D eigenvalue weighted by Gasteiger charge is -2.08. The molecule has 136 valence electrons. The zero-order chi connectivity index (χ0) is 18.5. The van der Waals surface area contributed by atoms with Crippen molar-refractivity contribution in [2.24, 2.45) is 0 Å². The molecular weight excluding hydrogens is 330 g/mol. The summed E-state index contributed by atoms with van der Waals surface area (Å²) in [6.45, 7) is 5.29. The minimum Gasteiger partial charge on any atom is -0.450 e. The Labute approximate surface area is 152 Å². The summed E-state index contributed by atoms with van der Waals surface area (Å²) in [5.41, 5.74) is 3.08. The molecule has 0 aliphatic carbocycles. The Kier molecular flexibility index (Phi) is 5.41. The summed E-state index contributed by atoms with van der Waals surface area (Å²) in [7, 11) is 0. The first-order valence-electron chi connectivity index (χ1n) is 8.85. The van der Waals surface area contributed by atoms with E-state index in [1.807, 2.05) is 30.3 Å². The number of fused-ring (bicyclic) bond motifs is 3. The number of amides is 2. The molecule has 1 heterocycles. The van der Waals surface area contributed by atoms with Gasteiger partial charge in [0.2, 0.25) is 5.91 Å². The van der Waals surface area contributed by atoms with Crippen LogP contribution in [0, 0.1) is 0 Å². The first-order chi connectivity index (χ1) is 12.6. The van der Waals surface area contributed by atoms with Gasteiger partial charge >= 0.3 is 6.09 Å². The average Bonchev–Trinajstić information content (AvgIpc) is 2.95. The van der Waals surface area contributed by atoms with E-state index in [1.54, 1.807) is 6.92 Å². The van der Waals surface area contributed by atoms with Crippen molar-refractivity contribution in [2.75, 3.05) is 18.5 Å². The standard InChI is InChI=1S/C20H23N3O3/c1-3-23-17-8-6-5-7-15(17)16-13-14(9-10-18(16)23)22-19(24)11-12-21-20(25)26-4-2/h5-10,13H,3-4,11-12H2,1-2H3,(H,21,25)(H,22,24). The molecule has 2 amide bonds. The topological polar surface area (TPSA) is 72.4 Å². The molecule has 3 rings (SSSR count). The van der Waals surface area contributed by atoms with Crippen LogP contribution in [-0.2, 0) is 16.1 Å². The third-order valence-corrected chi connectivity index (χ3v) is 4.27. The van der Waals surface area contributed by atoms with Crippen LogP contribution in [0.15, 0.2) is 42.5 Å². The number of benzene rings is 2. The van der Waals surface area contributed by atoms with Crippen LogP contribution in [0.4, 0.5) is 10.5 Å². The van der Waals surface area contributed by atoms with Gasteiger partial charge in [-0.05, 0) is 38.1 Å². The van der Waals surface area contributed by atoms with Gasteiger partial charge in [-0.3, -0.25) is 4.79 Å². The average molecular weight is 353 g/mol. The molecule has 6 nitrogen and oxygen atoms in total. The van der Waals surface area contributed by atoms with Crippen molar-refractivity contribution in [3.8, 4) is 0 Å². The number of aromatic nitrogens is 1. The van der Waals surface area contributed by atoms with Crippen molar-refractivity contribution >= 4 is 39.5 Å². The Morgan fingerprint density at radius 1 is 1.04 bits per heavy atom. The second-order valence-electron chi connectivity index (χ2n) is 5.94. The van der Waals surface area contributed by atoms with Crippen LogP contribution >= 0.6 is 0 Å². The van der Waals surface area contributed by atoms with Crippen LogP contribution in [0.5, 0.6) is 0 Å². The molecule has 0 fully saturated rings. The predicted molar refractivity (Wildman–Crippen MR) is 103 cm³/mol. The summed E-state index contributed by atoms with van der Waals surface area (Å²) in [4.78, 5) is 23.3. The molecule has 1 aromatic heterocycles. The fourth-order valence-corrected chi connectivity index (χ4v) is 3.16. The van der Waals surface area contributed by atoms with Crippen molar-refractivity contribution in [2.45, 2.75) is 26.8 Å². The molecule has 2 aromatic carbocycles. The van der Waals surface area contributed by atoms with E-state index in [0.29, 0.717) is 6.61 Å². The molecule has 26 heavy (non-hydrogen) atoms. The van der Waals surface area contributed by atoms with E-state index in [2.05, 4.69) is 34.3 Å². The van der Waals surface area contributed by atoms with E-state index in [1.165, 1.54) is 10.9 Å². The number of anilines is 1. The van der Waals surface area contributed by atoms with Gasteiger partial charge in [0.25, 0.3) is 0 Å². The Morgan fingerprint density at radius 2 is 1.81 bits per heavy atom. The Balaban J connectivity index is 1.74. The zero-order valence-electron chi connectivity index (χ0n) is 15.0. The maximum absolute atomic E-state index is 12.1. The molecule has 0 unspecified atom stereocenters. The van der Waals surface area contributed by atoms with Crippen molar-refractivity contribution in [1.82, 2.24) is 9.88 Å². The quantitative estimate of drug-likeness (QED) is 0.706. The van der Waals surface area contributed by atoms with Crippen molar-refractivity contribution in [3.05, 3.63) is 42.5 Å². The van der Waals surface area contributed by atoms with Crippen molar-refractivity contribution in [3.63, 3.8) is 0 Å². The highest BCUT2D eigenvalue weighted by atomic mass is 16.5. The molecule has 0 saturated carbocycles. The molecule has 3 aromatic rings. The first-order valence-corrected chi connectivity index (χ1v) is 8.85. The molecule has 6 heteroatoms. The summed E-state index contributed by atoms with van der Waals surface area (Å²) in [5, 5.41) is 7.72. The summed E-state index contributed by atoms with van der Waals surface area (Å²) < 4.78 is 7.02. The van der Waals surface area contributed by atoms with E-state index in [-0.39, 0.29) is 18.9 Å². The molecule has 0 atom stereocenters. The zero-order valence-corrected chi connectivity index (χ0v) is 15.0. The van der Waals surface area contributed by atoms with Gasteiger partial charge in [-0.25, -0.2) is 4.79 Å². The lowest BCUT2D eigenvalue weighted by molar-refractivity contribution is -0.116. The number of para-hydroxylation sites is 1. The van der Waals surface area contributed by atoms with Gasteiger partial charge in [-0.2, -0.15) is 0 Å². The third kappa shape index (κ3) is 3.64. The van der Waals surface area contributed by atoms with Crippen LogP contribution in [0.25, 0.3) is 21.8 Å². The van der Waals surface area contributed by atoms with Gasteiger partial charge in [0.15, 0.2) is 0 Å². The normalized spacial score (nSPS) is 10.8. The highest BCUT2D eigenvalue weighted by molar-refractivity contribution is 6.09. The van der Waals surface area contributed by atoms with Crippen molar-refractivity contribution < 1.29 is 14.3 Å². The number of nitrogens with one attached hydrogen (secondary N) is 2. The minimum atomic E-state index is -0.505. The highest BCUT2D eigenvalue weighted by Crippen LogP contribution is 2.30. The Hall–Kier alpha value is -3.02. The number of ether oxygens (including phenoxy) is 1. The molecule has 0 bridgehead atoms. The van der Waals surface area contributed by atoms with Gasteiger partial charge in [-0.1, -0.05) is 18.2 Å². The predicted octanol–water partition coefficient (Wildman–Crippen LogP) is 3.89. The molecule has 0 aliphatic heterocycles. The third-order valence-electron chi connectivity index (χ3n) is 4.27. The van der Waals surface area contributed by atoms with E-state index in [9.17, 15) is 9.59 Å². The maximum Gasteiger partial charge on any atom is 0.407 e. The van der Waals surface area contributed by atoms with Gasteiger partial charge in [-0.15, -0.1) is 0 Å². The Morgan fingerprint density at radius 3 is 2.58 bits per heavy atom. The van der Waals surface area contributed by atoms with Crippen LogP contribution in [0.2, 0.25) is 0 Å². The number of alkyl carbamates (subject to hydrolysis) is 1. The second kappa shape index (κ2) is 7.91. The van der Waals surface area contributed by atoms with Crippen LogP contribution in [-0.4, -0.2) is 29.7 Å². The second-order valence-corrected chi connectivity index (χ2v) is 5.94. The van der Waals surface area contributed by atoms with E-state index in [4.69, 9.17) is 4.74 Å². The number of aryl methyl sites for hydroxylation is 1. The number of rotatable bonds is 6. The summed E-state index contributed by atoms with van der Waals surface area (Å²) in [6.07, 6.45) is -0.317. The number of nitrogens with zero attached hydrogens (tertiary/aromatic N) is 1. The SMILES string of the molecule is CCOC(=O)NCCC(=O)Nc1ccc2c(c1)c1ccccc1n2CC. The fraction of sp³-hybridized carbons (Fsp3) is 0.300.